The first kappa shape index (κ1) is 24.9. The third kappa shape index (κ3) is 5.37. The minimum absolute atomic E-state index is 0.00111. The van der Waals surface area contributed by atoms with E-state index in [1.165, 1.54) is 24.3 Å². The summed E-state index contributed by atoms with van der Waals surface area (Å²) in [4.78, 5) is 37.3. The van der Waals surface area contributed by atoms with Gasteiger partial charge in [0.2, 0.25) is 5.78 Å². The molecule has 182 valence electrons. The number of thiophene rings is 1. The molecule has 0 aliphatic heterocycles. The molecular formula is C26H21ClN4O4S. The maximum absolute atomic E-state index is 13.3. The van der Waals surface area contributed by atoms with Crippen LogP contribution < -0.4 is 16.4 Å². The highest BCUT2D eigenvalue weighted by atomic mass is 35.5. The van der Waals surface area contributed by atoms with Gasteiger partial charge in [-0.15, -0.1) is 11.3 Å². The molecule has 0 radical (unpaired) electrons. The van der Waals surface area contributed by atoms with E-state index in [4.69, 9.17) is 17.3 Å². The highest BCUT2D eigenvalue weighted by Gasteiger charge is 2.27. The molecule has 8 nitrogen and oxygen atoms in total. The van der Waals surface area contributed by atoms with E-state index in [2.05, 4.69) is 10.6 Å². The molecule has 36 heavy (non-hydrogen) atoms. The Kier molecular flexibility index (Phi) is 7.33. The summed E-state index contributed by atoms with van der Waals surface area (Å²) < 4.78 is 0. The lowest BCUT2D eigenvalue weighted by Crippen LogP contribution is -2.24. The number of rotatable bonds is 8. The van der Waals surface area contributed by atoms with Crippen LogP contribution in [-0.2, 0) is 6.54 Å². The Labute approximate surface area is 215 Å². The van der Waals surface area contributed by atoms with Crippen LogP contribution in [0.2, 0.25) is 5.02 Å². The number of nitro groups is 1. The molecule has 4 N–H and O–H groups in total. The number of carbonyl (C=O) groups excluding carboxylic acids is 2. The second kappa shape index (κ2) is 10.6. The minimum Gasteiger partial charge on any atom is -0.397 e. The van der Waals surface area contributed by atoms with Crippen LogP contribution in [0.1, 0.15) is 36.7 Å². The number of ketones is 1. The van der Waals surface area contributed by atoms with Gasteiger partial charge in [-0.3, -0.25) is 19.7 Å². The molecule has 0 atom stereocenters. The van der Waals surface area contributed by atoms with Crippen LogP contribution in [0.5, 0.6) is 0 Å². The predicted molar refractivity (Wildman–Crippen MR) is 142 cm³/mol. The summed E-state index contributed by atoms with van der Waals surface area (Å²) >= 11 is 6.96. The molecule has 1 amide bonds. The van der Waals surface area contributed by atoms with E-state index in [9.17, 15) is 19.7 Å². The number of nitrogen functional groups attached to an aromatic ring is 1. The van der Waals surface area contributed by atoms with Crippen molar-refractivity contribution in [3.63, 3.8) is 0 Å². The van der Waals surface area contributed by atoms with Gasteiger partial charge < -0.3 is 16.4 Å². The number of halogens is 1. The number of nitro benzene ring substituents is 1. The van der Waals surface area contributed by atoms with Crippen LogP contribution in [0, 0.1) is 17.0 Å². The summed E-state index contributed by atoms with van der Waals surface area (Å²) in [6.07, 6.45) is 0. The number of nitrogens with zero attached hydrogens (tertiary/aromatic N) is 1. The van der Waals surface area contributed by atoms with Crippen LogP contribution in [0.15, 0.2) is 72.8 Å². The van der Waals surface area contributed by atoms with E-state index in [-0.39, 0.29) is 33.9 Å². The van der Waals surface area contributed by atoms with Gasteiger partial charge in [0.25, 0.3) is 11.6 Å². The number of para-hydroxylation sites is 1. The summed E-state index contributed by atoms with van der Waals surface area (Å²) in [6.45, 7) is 2.14. The minimum atomic E-state index is -0.574. The summed E-state index contributed by atoms with van der Waals surface area (Å²) in [5, 5.41) is 18.2. The average molecular weight is 521 g/mol. The number of nitrogens with one attached hydrogen (secondary N) is 2. The fraction of sp³-hybridized carbons (Fsp3) is 0.0769. The molecule has 0 spiro atoms. The maximum atomic E-state index is 13.3. The number of nitrogens with two attached hydrogens (primary N) is 1. The van der Waals surface area contributed by atoms with E-state index in [1.54, 1.807) is 24.3 Å². The average Bonchev–Trinajstić information content (AvgIpc) is 3.20. The first-order valence-electron chi connectivity index (χ1n) is 10.8. The first-order chi connectivity index (χ1) is 17.2. The quantitative estimate of drug-likeness (QED) is 0.146. The Morgan fingerprint density at radius 2 is 1.78 bits per heavy atom. The Morgan fingerprint density at radius 1 is 1.06 bits per heavy atom. The number of hydrogen-bond donors (Lipinski definition) is 3. The van der Waals surface area contributed by atoms with E-state index in [0.717, 1.165) is 28.2 Å². The molecule has 1 aromatic heterocycles. The molecule has 0 aliphatic rings. The summed E-state index contributed by atoms with van der Waals surface area (Å²) in [6, 6.07) is 19.9. The Balaban J connectivity index is 1.71. The lowest BCUT2D eigenvalue weighted by Gasteiger charge is -2.11. The van der Waals surface area contributed by atoms with Gasteiger partial charge in [0, 0.05) is 35.0 Å². The predicted octanol–water partition coefficient (Wildman–Crippen LogP) is 6.10. The molecule has 4 aromatic rings. The number of carbonyl (C=O) groups is 2. The number of non-ortho nitro benzene ring substituents is 1. The standard InChI is InChI=1S/C26H21ClN4O4S/c1-15-5-2-3-8-20(15)30-26-21(25(33)29-14-16-9-11-18(27)12-10-16)22(28)24(36-26)23(32)17-6-4-7-19(13-17)31(34)35/h2-13,30H,14,28H2,1H3,(H,29,33). The Morgan fingerprint density at radius 3 is 2.47 bits per heavy atom. The zero-order valence-corrected chi connectivity index (χ0v) is 20.7. The van der Waals surface area contributed by atoms with Crippen LogP contribution in [0.25, 0.3) is 0 Å². The second-order valence-electron chi connectivity index (χ2n) is 7.93. The Bertz CT molecular complexity index is 1470. The van der Waals surface area contributed by atoms with Gasteiger partial charge in [-0.05, 0) is 36.2 Å². The monoisotopic (exact) mass is 520 g/mol. The molecule has 0 unspecified atom stereocenters. The number of benzene rings is 3. The third-order valence-electron chi connectivity index (χ3n) is 5.46. The number of anilines is 3. The zero-order valence-electron chi connectivity index (χ0n) is 19.1. The lowest BCUT2D eigenvalue weighted by molar-refractivity contribution is -0.384. The van der Waals surface area contributed by atoms with Crippen LogP contribution in [0.4, 0.5) is 22.1 Å². The molecule has 1 heterocycles. The van der Waals surface area contributed by atoms with Gasteiger partial charge in [0.1, 0.15) is 9.88 Å². The smallest absolute Gasteiger partial charge is 0.270 e. The largest absolute Gasteiger partial charge is 0.397 e. The fourth-order valence-electron chi connectivity index (χ4n) is 3.53. The number of amides is 1. The van der Waals surface area contributed by atoms with Gasteiger partial charge in [-0.25, -0.2) is 0 Å². The normalized spacial score (nSPS) is 10.6. The number of aryl methyl sites for hydroxylation is 1. The van der Waals surface area contributed by atoms with Crippen molar-refractivity contribution in [3.05, 3.63) is 115 Å². The molecule has 10 heteroatoms. The van der Waals surface area contributed by atoms with Crippen molar-refractivity contribution >= 4 is 56.7 Å². The molecule has 0 saturated heterocycles. The van der Waals surface area contributed by atoms with Crippen molar-refractivity contribution < 1.29 is 14.5 Å². The molecule has 0 aliphatic carbocycles. The van der Waals surface area contributed by atoms with Gasteiger partial charge >= 0.3 is 0 Å². The van der Waals surface area contributed by atoms with E-state index >= 15 is 0 Å². The molecule has 0 bridgehead atoms. The Hall–Kier alpha value is -4.21. The van der Waals surface area contributed by atoms with Crippen molar-refractivity contribution in [2.24, 2.45) is 0 Å². The zero-order chi connectivity index (χ0) is 25.8. The third-order valence-corrected chi connectivity index (χ3v) is 6.83. The fourth-order valence-corrected chi connectivity index (χ4v) is 4.74. The van der Waals surface area contributed by atoms with Gasteiger partial charge in [-0.1, -0.05) is 54.1 Å². The van der Waals surface area contributed by atoms with E-state index < -0.39 is 16.6 Å². The van der Waals surface area contributed by atoms with Gasteiger partial charge in [-0.2, -0.15) is 0 Å². The lowest BCUT2D eigenvalue weighted by atomic mass is 10.1. The van der Waals surface area contributed by atoms with Crippen molar-refractivity contribution in [1.82, 2.24) is 5.32 Å². The maximum Gasteiger partial charge on any atom is 0.270 e. The highest BCUT2D eigenvalue weighted by Crippen LogP contribution is 2.39. The van der Waals surface area contributed by atoms with E-state index in [0.29, 0.717) is 10.0 Å². The second-order valence-corrected chi connectivity index (χ2v) is 9.39. The molecule has 0 saturated carbocycles. The van der Waals surface area contributed by atoms with Crippen LogP contribution >= 0.6 is 22.9 Å². The van der Waals surface area contributed by atoms with Crippen molar-refractivity contribution in [3.8, 4) is 0 Å². The highest BCUT2D eigenvalue weighted by molar-refractivity contribution is 7.19. The van der Waals surface area contributed by atoms with Crippen LogP contribution in [-0.4, -0.2) is 16.6 Å². The summed E-state index contributed by atoms with van der Waals surface area (Å²) in [5.74, 6) is -0.973. The van der Waals surface area contributed by atoms with Crippen molar-refractivity contribution in [2.75, 3.05) is 11.1 Å². The van der Waals surface area contributed by atoms with Crippen molar-refractivity contribution in [1.29, 1.82) is 0 Å². The molecule has 4 rings (SSSR count). The topological polar surface area (TPSA) is 127 Å². The number of hydrogen-bond acceptors (Lipinski definition) is 7. The first-order valence-corrected chi connectivity index (χ1v) is 12.0. The molecular weight excluding hydrogens is 500 g/mol. The summed E-state index contributed by atoms with van der Waals surface area (Å²) in [5.41, 5.74) is 8.90. The van der Waals surface area contributed by atoms with E-state index in [1.807, 2.05) is 31.2 Å². The molecule has 0 fully saturated rings. The molecule has 3 aromatic carbocycles. The van der Waals surface area contributed by atoms with Crippen LogP contribution in [0.3, 0.4) is 0 Å². The van der Waals surface area contributed by atoms with Crippen molar-refractivity contribution in [2.45, 2.75) is 13.5 Å². The SMILES string of the molecule is Cc1ccccc1Nc1sc(C(=O)c2cccc([N+](=O)[O-])c2)c(N)c1C(=O)NCc1ccc(Cl)cc1. The van der Waals surface area contributed by atoms with Gasteiger partial charge in [0.15, 0.2) is 0 Å². The van der Waals surface area contributed by atoms with Gasteiger partial charge in [0.05, 0.1) is 16.2 Å². The summed E-state index contributed by atoms with van der Waals surface area (Å²) in [7, 11) is 0.